The van der Waals surface area contributed by atoms with Crippen LogP contribution >= 0.6 is 0 Å². The molecule has 2 N–H and O–H groups in total. The van der Waals surface area contributed by atoms with E-state index in [0.717, 1.165) is 16.7 Å². The fourth-order valence-corrected chi connectivity index (χ4v) is 3.90. The van der Waals surface area contributed by atoms with E-state index in [1.165, 1.54) is 36.4 Å². The minimum Gasteiger partial charge on any atom is -0.322 e. The van der Waals surface area contributed by atoms with Gasteiger partial charge in [-0.1, -0.05) is 18.2 Å². The maximum absolute atomic E-state index is 13.4. The van der Waals surface area contributed by atoms with Gasteiger partial charge in [-0.3, -0.25) is 9.52 Å². The van der Waals surface area contributed by atoms with Crippen LogP contribution in [0.1, 0.15) is 27.0 Å². The monoisotopic (exact) mass is 412 g/mol. The molecule has 0 aliphatic carbocycles. The van der Waals surface area contributed by atoms with Crippen LogP contribution in [0.4, 0.5) is 15.8 Å². The average Bonchev–Trinajstić information content (AvgIpc) is 2.68. The lowest BCUT2D eigenvalue weighted by Gasteiger charge is -2.13. The zero-order chi connectivity index (χ0) is 21.2. The van der Waals surface area contributed by atoms with Crippen LogP contribution < -0.4 is 10.0 Å². The second-order valence-electron chi connectivity index (χ2n) is 6.79. The lowest BCUT2D eigenvalue weighted by molar-refractivity contribution is 0.102. The van der Waals surface area contributed by atoms with E-state index in [2.05, 4.69) is 10.0 Å². The molecule has 0 spiro atoms. The van der Waals surface area contributed by atoms with E-state index in [4.69, 9.17) is 0 Å². The van der Waals surface area contributed by atoms with Crippen LogP contribution in [0.2, 0.25) is 0 Å². The van der Waals surface area contributed by atoms with Gasteiger partial charge in [-0.2, -0.15) is 0 Å². The fourth-order valence-electron chi connectivity index (χ4n) is 2.77. The summed E-state index contributed by atoms with van der Waals surface area (Å²) in [6, 6.07) is 15.1. The lowest BCUT2D eigenvalue weighted by atomic mass is 10.1. The van der Waals surface area contributed by atoms with Gasteiger partial charge >= 0.3 is 0 Å². The molecule has 0 radical (unpaired) electrons. The van der Waals surface area contributed by atoms with Gasteiger partial charge in [0.05, 0.1) is 10.6 Å². The predicted molar refractivity (Wildman–Crippen MR) is 112 cm³/mol. The van der Waals surface area contributed by atoms with E-state index in [9.17, 15) is 17.6 Å². The third-order valence-corrected chi connectivity index (χ3v) is 6.10. The molecule has 0 aliphatic heterocycles. The van der Waals surface area contributed by atoms with E-state index < -0.39 is 21.7 Å². The highest BCUT2D eigenvalue weighted by Crippen LogP contribution is 2.23. The summed E-state index contributed by atoms with van der Waals surface area (Å²) in [6.07, 6.45) is 0. The molecule has 0 atom stereocenters. The highest BCUT2D eigenvalue weighted by atomic mass is 32.2. The summed E-state index contributed by atoms with van der Waals surface area (Å²) >= 11 is 0. The number of amides is 1. The van der Waals surface area contributed by atoms with Crippen LogP contribution in [0.5, 0.6) is 0 Å². The smallest absolute Gasteiger partial charge is 0.261 e. The third kappa shape index (κ3) is 4.63. The number of rotatable bonds is 5. The number of sulfonamides is 1. The predicted octanol–water partition coefficient (Wildman–Crippen LogP) is 4.80. The molecule has 0 unspecified atom stereocenters. The van der Waals surface area contributed by atoms with Crippen molar-refractivity contribution in [3.63, 3.8) is 0 Å². The standard InChI is InChI=1S/C22H21FN2O3S/c1-14-5-4-6-20(16(14)3)25-29(27,28)19-11-8-17(9-12-19)22(26)24-21-13-18(23)10-7-15(21)2/h4-13,25H,1-3H3,(H,24,26). The average molecular weight is 412 g/mol. The zero-order valence-corrected chi connectivity index (χ0v) is 17.1. The number of benzene rings is 3. The molecular weight excluding hydrogens is 391 g/mol. The minimum atomic E-state index is -3.80. The van der Waals surface area contributed by atoms with Gasteiger partial charge in [0, 0.05) is 11.3 Å². The number of hydrogen-bond acceptors (Lipinski definition) is 3. The van der Waals surface area contributed by atoms with Crippen LogP contribution in [-0.2, 0) is 10.0 Å². The van der Waals surface area contributed by atoms with E-state index in [0.29, 0.717) is 11.4 Å². The molecule has 0 fully saturated rings. The fraction of sp³-hybridized carbons (Fsp3) is 0.136. The van der Waals surface area contributed by atoms with Crippen molar-refractivity contribution in [3.05, 3.63) is 88.7 Å². The van der Waals surface area contributed by atoms with E-state index in [-0.39, 0.29) is 10.5 Å². The van der Waals surface area contributed by atoms with E-state index in [1.807, 2.05) is 19.9 Å². The number of carbonyl (C=O) groups is 1. The van der Waals surface area contributed by atoms with E-state index >= 15 is 0 Å². The molecule has 5 nitrogen and oxygen atoms in total. The Morgan fingerprint density at radius 1 is 0.862 bits per heavy atom. The lowest BCUT2D eigenvalue weighted by Crippen LogP contribution is -2.16. The first kappa shape index (κ1) is 20.5. The van der Waals surface area contributed by atoms with Crippen LogP contribution in [-0.4, -0.2) is 14.3 Å². The minimum absolute atomic E-state index is 0.0388. The molecule has 0 aromatic heterocycles. The summed E-state index contributed by atoms with van der Waals surface area (Å²) in [6.45, 7) is 5.50. The zero-order valence-electron chi connectivity index (χ0n) is 16.3. The molecule has 3 aromatic rings. The maximum Gasteiger partial charge on any atom is 0.261 e. The second-order valence-corrected chi connectivity index (χ2v) is 8.47. The van der Waals surface area contributed by atoms with Gasteiger partial charge in [-0.15, -0.1) is 0 Å². The molecule has 0 saturated heterocycles. The summed E-state index contributed by atoms with van der Waals surface area (Å²) in [4.78, 5) is 12.5. The van der Waals surface area contributed by atoms with Gasteiger partial charge in [0.25, 0.3) is 15.9 Å². The molecule has 0 aliphatic rings. The van der Waals surface area contributed by atoms with Crippen molar-refractivity contribution in [2.45, 2.75) is 25.7 Å². The Morgan fingerprint density at radius 2 is 1.55 bits per heavy atom. The summed E-state index contributed by atoms with van der Waals surface area (Å²) in [5, 5.41) is 2.64. The molecular formula is C22H21FN2O3S. The number of carbonyl (C=O) groups excluding carboxylic acids is 1. The maximum atomic E-state index is 13.4. The van der Waals surface area contributed by atoms with Gasteiger partial charge in [0.15, 0.2) is 0 Å². The largest absolute Gasteiger partial charge is 0.322 e. The first-order valence-corrected chi connectivity index (χ1v) is 10.4. The Balaban J connectivity index is 1.79. The highest BCUT2D eigenvalue weighted by Gasteiger charge is 2.17. The van der Waals surface area contributed by atoms with Gasteiger partial charge in [-0.05, 0) is 79.9 Å². The second kappa shape index (κ2) is 8.05. The van der Waals surface area contributed by atoms with Gasteiger partial charge in [0.2, 0.25) is 0 Å². The number of aryl methyl sites for hydroxylation is 2. The number of halogens is 1. The van der Waals surface area contributed by atoms with Gasteiger partial charge in [-0.25, -0.2) is 12.8 Å². The van der Waals surface area contributed by atoms with Crippen molar-refractivity contribution < 1.29 is 17.6 Å². The Hall–Kier alpha value is -3.19. The molecule has 150 valence electrons. The summed E-state index contributed by atoms with van der Waals surface area (Å²) in [5.74, 6) is -0.907. The molecule has 0 bridgehead atoms. The van der Waals surface area contributed by atoms with Crippen LogP contribution in [0.25, 0.3) is 0 Å². The van der Waals surface area contributed by atoms with Crippen LogP contribution in [0.3, 0.4) is 0 Å². The SMILES string of the molecule is Cc1ccc(F)cc1NC(=O)c1ccc(S(=O)(=O)Nc2cccc(C)c2C)cc1. The quantitative estimate of drug-likeness (QED) is 0.632. The summed E-state index contributed by atoms with van der Waals surface area (Å²) in [7, 11) is -3.80. The first-order chi connectivity index (χ1) is 13.7. The number of anilines is 2. The number of nitrogens with one attached hydrogen (secondary N) is 2. The van der Waals surface area contributed by atoms with Crippen molar-refractivity contribution in [1.82, 2.24) is 0 Å². The van der Waals surface area contributed by atoms with Crippen molar-refractivity contribution in [3.8, 4) is 0 Å². The van der Waals surface area contributed by atoms with Gasteiger partial charge in [0.1, 0.15) is 5.82 Å². The molecule has 29 heavy (non-hydrogen) atoms. The molecule has 0 saturated carbocycles. The van der Waals surface area contributed by atoms with Crippen LogP contribution in [0, 0.1) is 26.6 Å². The van der Waals surface area contributed by atoms with Gasteiger partial charge < -0.3 is 5.32 Å². The summed E-state index contributed by atoms with van der Waals surface area (Å²) < 4.78 is 41.3. The number of hydrogen-bond donors (Lipinski definition) is 2. The Kier molecular flexibility index (Phi) is 5.70. The molecule has 7 heteroatoms. The molecule has 3 rings (SSSR count). The topological polar surface area (TPSA) is 75.3 Å². The first-order valence-electron chi connectivity index (χ1n) is 8.94. The third-order valence-electron chi connectivity index (χ3n) is 4.72. The normalized spacial score (nSPS) is 11.2. The Morgan fingerprint density at radius 3 is 2.24 bits per heavy atom. The molecule has 0 heterocycles. The molecule has 1 amide bonds. The van der Waals surface area contributed by atoms with Crippen molar-refractivity contribution >= 4 is 27.3 Å². The Labute approximate surface area is 169 Å². The summed E-state index contributed by atoms with van der Waals surface area (Å²) in [5.41, 5.74) is 3.68. The van der Waals surface area contributed by atoms with Crippen molar-refractivity contribution in [2.24, 2.45) is 0 Å². The van der Waals surface area contributed by atoms with Crippen molar-refractivity contribution in [1.29, 1.82) is 0 Å². The van der Waals surface area contributed by atoms with Crippen LogP contribution in [0.15, 0.2) is 65.6 Å². The highest BCUT2D eigenvalue weighted by molar-refractivity contribution is 7.92. The Bertz CT molecular complexity index is 1170. The molecule has 3 aromatic carbocycles. The van der Waals surface area contributed by atoms with E-state index in [1.54, 1.807) is 25.1 Å². The van der Waals surface area contributed by atoms with Crippen molar-refractivity contribution in [2.75, 3.05) is 10.0 Å².